The molecule has 3 heterocycles. The Bertz CT molecular complexity index is 2130. The lowest BCUT2D eigenvalue weighted by molar-refractivity contribution is -0.147. The summed E-state index contributed by atoms with van der Waals surface area (Å²) in [5.74, 6) is -1.28. The molecule has 0 amide bonds. The van der Waals surface area contributed by atoms with Gasteiger partial charge in [0.15, 0.2) is 0 Å². The number of nitrogens with zero attached hydrogens (tertiary/aromatic N) is 1. The molecule has 0 bridgehead atoms. The van der Waals surface area contributed by atoms with Crippen LogP contribution < -0.4 is 0 Å². The summed E-state index contributed by atoms with van der Waals surface area (Å²) in [5.41, 5.74) is 6.76. The number of carboxylic acids is 1. The third kappa shape index (κ3) is 7.52. The average molecular weight is 656 g/mol. The number of carboxylic acid groups (broad SMARTS) is 1. The lowest BCUT2D eigenvalue weighted by Gasteiger charge is -2.36. The van der Waals surface area contributed by atoms with E-state index >= 15 is 0 Å². The van der Waals surface area contributed by atoms with Gasteiger partial charge in [0.05, 0.1) is 5.92 Å². The summed E-state index contributed by atoms with van der Waals surface area (Å²) in [7, 11) is 0. The maximum atomic E-state index is 14.9. The molecule has 0 saturated carbocycles. The van der Waals surface area contributed by atoms with Gasteiger partial charge in [0.25, 0.3) is 0 Å². The van der Waals surface area contributed by atoms with E-state index in [2.05, 4.69) is 109 Å². The zero-order valence-electron chi connectivity index (χ0n) is 25.8. The Kier molecular flexibility index (Phi) is 9.25. The van der Waals surface area contributed by atoms with E-state index < -0.39 is 5.97 Å². The standard InChI is InChI=1S/C26H22FNO2S.C15H12S/c27-23-12-19(14-28-15-21(16-28)26(29)30)6-8-22(23)25-13-20-11-18(7-9-24(20)31-25)10-17-4-2-1-3-5-17;1-2-4-12(5-3-1)10-13-6-7-15-14(11-13)8-9-16-15/h1-9,11-13,21H,10,14-16H2,(H,29,30);1-9,11H,10H2. The van der Waals surface area contributed by atoms with Gasteiger partial charge in [-0.05, 0) is 99.3 Å². The predicted octanol–water partition coefficient (Wildman–Crippen LogP) is 10.3. The quantitative estimate of drug-likeness (QED) is 0.177. The zero-order chi connectivity index (χ0) is 32.2. The zero-order valence-corrected chi connectivity index (χ0v) is 27.4. The van der Waals surface area contributed by atoms with Gasteiger partial charge in [-0.3, -0.25) is 9.69 Å². The molecule has 1 N–H and O–H groups in total. The highest BCUT2D eigenvalue weighted by Crippen LogP contribution is 2.36. The molecule has 6 heteroatoms. The summed E-state index contributed by atoms with van der Waals surface area (Å²) >= 11 is 3.41. The van der Waals surface area contributed by atoms with Gasteiger partial charge in [0.1, 0.15) is 5.82 Å². The second-order valence-corrected chi connectivity index (χ2v) is 14.2. The van der Waals surface area contributed by atoms with Crippen LogP contribution in [0.1, 0.15) is 27.8 Å². The van der Waals surface area contributed by atoms with Crippen molar-refractivity contribution in [3.05, 3.63) is 166 Å². The van der Waals surface area contributed by atoms with Crippen LogP contribution >= 0.6 is 22.7 Å². The van der Waals surface area contributed by atoms with Gasteiger partial charge in [-0.25, -0.2) is 4.39 Å². The molecule has 8 rings (SSSR count). The molecule has 1 aliphatic rings. The van der Waals surface area contributed by atoms with Crippen molar-refractivity contribution in [3.63, 3.8) is 0 Å². The van der Waals surface area contributed by atoms with Gasteiger partial charge in [-0.1, -0.05) is 84.9 Å². The highest BCUT2D eigenvalue weighted by molar-refractivity contribution is 7.22. The minimum Gasteiger partial charge on any atom is -0.481 e. The van der Waals surface area contributed by atoms with Gasteiger partial charge >= 0.3 is 5.97 Å². The summed E-state index contributed by atoms with van der Waals surface area (Å²) < 4.78 is 17.4. The first kappa shape index (κ1) is 31.0. The number of aliphatic carboxylic acids is 1. The summed E-state index contributed by atoms with van der Waals surface area (Å²) in [6.07, 6.45) is 1.90. The van der Waals surface area contributed by atoms with E-state index in [0.29, 0.717) is 25.2 Å². The molecule has 5 aromatic carbocycles. The van der Waals surface area contributed by atoms with Crippen LogP contribution in [0.15, 0.2) is 133 Å². The Morgan fingerprint density at radius 3 is 1.94 bits per heavy atom. The van der Waals surface area contributed by atoms with Gasteiger partial charge < -0.3 is 5.11 Å². The Balaban J connectivity index is 0.000000183. The number of thiophene rings is 2. The van der Waals surface area contributed by atoms with E-state index in [4.69, 9.17) is 5.11 Å². The molecule has 3 nitrogen and oxygen atoms in total. The number of fused-ring (bicyclic) bond motifs is 2. The number of benzene rings is 5. The smallest absolute Gasteiger partial charge is 0.309 e. The summed E-state index contributed by atoms with van der Waals surface area (Å²) in [4.78, 5) is 13.9. The van der Waals surface area contributed by atoms with Crippen LogP contribution in [-0.2, 0) is 24.2 Å². The average Bonchev–Trinajstić information content (AvgIpc) is 3.70. The maximum Gasteiger partial charge on any atom is 0.309 e. The number of likely N-dealkylation sites (tertiary alicyclic amines) is 1. The Hall–Kier alpha value is -4.62. The van der Waals surface area contributed by atoms with Crippen molar-refractivity contribution in [1.29, 1.82) is 0 Å². The molecule has 0 radical (unpaired) electrons. The van der Waals surface area contributed by atoms with Gasteiger partial charge in [0, 0.05) is 39.5 Å². The molecule has 0 unspecified atom stereocenters. The molecule has 7 aromatic rings. The minimum atomic E-state index is -0.755. The van der Waals surface area contributed by atoms with E-state index in [-0.39, 0.29) is 11.7 Å². The summed E-state index contributed by atoms with van der Waals surface area (Å²) in [6, 6.07) is 43.8. The van der Waals surface area contributed by atoms with Gasteiger partial charge in [-0.15, -0.1) is 22.7 Å². The largest absolute Gasteiger partial charge is 0.481 e. The van der Waals surface area contributed by atoms with Crippen LogP contribution in [0.2, 0.25) is 0 Å². The Morgan fingerprint density at radius 2 is 1.30 bits per heavy atom. The van der Waals surface area contributed by atoms with E-state index in [1.54, 1.807) is 28.7 Å². The van der Waals surface area contributed by atoms with Crippen LogP contribution in [0, 0.1) is 11.7 Å². The van der Waals surface area contributed by atoms with Crippen LogP contribution in [0.5, 0.6) is 0 Å². The van der Waals surface area contributed by atoms with Crippen molar-refractivity contribution in [2.24, 2.45) is 5.92 Å². The molecule has 0 spiro atoms. The van der Waals surface area contributed by atoms with Gasteiger partial charge in [0.2, 0.25) is 0 Å². The Labute approximate surface area is 282 Å². The van der Waals surface area contributed by atoms with Crippen molar-refractivity contribution < 1.29 is 14.3 Å². The van der Waals surface area contributed by atoms with E-state index in [0.717, 1.165) is 33.4 Å². The first-order valence-corrected chi connectivity index (χ1v) is 17.5. The molecule has 2 aromatic heterocycles. The van der Waals surface area contributed by atoms with Crippen LogP contribution in [0.25, 0.3) is 30.6 Å². The van der Waals surface area contributed by atoms with E-state index in [1.807, 2.05) is 23.1 Å². The fraction of sp³-hybridized carbons (Fsp3) is 0.146. The topological polar surface area (TPSA) is 40.5 Å². The first-order chi connectivity index (χ1) is 23.0. The monoisotopic (exact) mass is 655 g/mol. The number of halogens is 1. The second-order valence-electron chi connectivity index (χ2n) is 12.1. The summed E-state index contributed by atoms with van der Waals surface area (Å²) in [6.45, 7) is 1.64. The minimum absolute atomic E-state index is 0.233. The van der Waals surface area contributed by atoms with E-state index in [1.165, 1.54) is 32.3 Å². The number of hydrogen-bond donors (Lipinski definition) is 1. The van der Waals surface area contributed by atoms with Crippen molar-refractivity contribution in [3.8, 4) is 10.4 Å². The normalized spacial score (nSPS) is 13.3. The Morgan fingerprint density at radius 1 is 0.681 bits per heavy atom. The van der Waals surface area contributed by atoms with Crippen LogP contribution in [0.4, 0.5) is 4.39 Å². The predicted molar refractivity (Wildman–Crippen MR) is 194 cm³/mol. The fourth-order valence-corrected chi connectivity index (χ4v) is 7.94. The molecule has 0 atom stereocenters. The third-order valence-corrected chi connectivity index (χ3v) is 10.7. The highest BCUT2D eigenvalue weighted by atomic mass is 32.1. The van der Waals surface area contributed by atoms with Gasteiger partial charge in [-0.2, -0.15) is 0 Å². The maximum absolute atomic E-state index is 14.9. The van der Waals surface area contributed by atoms with Crippen LogP contribution in [0.3, 0.4) is 0 Å². The summed E-state index contributed by atoms with van der Waals surface area (Å²) in [5, 5.41) is 13.6. The second kappa shape index (κ2) is 14.0. The first-order valence-electron chi connectivity index (χ1n) is 15.8. The molecule has 1 aliphatic heterocycles. The molecule has 0 aliphatic carbocycles. The third-order valence-electron chi connectivity index (χ3n) is 8.61. The molecule has 47 heavy (non-hydrogen) atoms. The van der Waals surface area contributed by atoms with Crippen molar-refractivity contribution >= 4 is 48.8 Å². The lowest BCUT2D eigenvalue weighted by Crippen LogP contribution is -2.49. The molecule has 1 fully saturated rings. The molecular weight excluding hydrogens is 622 g/mol. The molecule has 1 saturated heterocycles. The molecular formula is C41H34FNO2S2. The SMILES string of the molecule is O=C(O)C1CN(Cc2ccc(-c3cc4cc(Cc5ccccc5)ccc4s3)c(F)c2)C1.c1ccc(Cc2ccc3sccc3c2)cc1. The number of hydrogen-bond acceptors (Lipinski definition) is 4. The lowest BCUT2D eigenvalue weighted by atomic mass is 9.99. The fourth-order valence-electron chi connectivity index (χ4n) is 6.09. The number of rotatable bonds is 8. The van der Waals surface area contributed by atoms with E-state index in [9.17, 15) is 9.18 Å². The van der Waals surface area contributed by atoms with Crippen molar-refractivity contribution in [2.45, 2.75) is 19.4 Å². The highest BCUT2D eigenvalue weighted by Gasteiger charge is 2.32. The van der Waals surface area contributed by atoms with Crippen molar-refractivity contribution in [2.75, 3.05) is 13.1 Å². The number of carbonyl (C=O) groups is 1. The van der Waals surface area contributed by atoms with Crippen LogP contribution in [-0.4, -0.2) is 29.1 Å². The van der Waals surface area contributed by atoms with Crippen molar-refractivity contribution in [1.82, 2.24) is 4.90 Å². The molecule has 234 valence electrons.